The van der Waals surface area contributed by atoms with Crippen LogP contribution in [0.5, 0.6) is 5.75 Å². The van der Waals surface area contributed by atoms with Crippen LogP contribution in [0.3, 0.4) is 0 Å². The summed E-state index contributed by atoms with van der Waals surface area (Å²) in [5.41, 5.74) is 1.35. The van der Waals surface area contributed by atoms with Gasteiger partial charge in [0.15, 0.2) is 11.8 Å². The molecule has 158 valence electrons. The standard InChI is InChI=1S/C23H21N4O3.ClH/c1-25-9-10-26(15-25)20(22-11-16-5-3-4-6-21(16)30-22)13-27-14-24-19-8-7-17(29-2)12-18(19)23(27)28;/h3-12,14-15,20H,13H2,1-2H3;1H/q+1;/p-1. The second-order valence-electron chi connectivity index (χ2n) is 7.31. The number of benzene rings is 2. The summed E-state index contributed by atoms with van der Waals surface area (Å²) < 4.78 is 17.0. The van der Waals surface area contributed by atoms with E-state index in [9.17, 15) is 4.79 Å². The minimum absolute atomic E-state index is 0. The van der Waals surface area contributed by atoms with Crippen LogP contribution < -0.4 is 27.3 Å². The first-order valence-electron chi connectivity index (χ1n) is 9.67. The van der Waals surface area contributed by atoms with Crippen molar-refractivity contribution in [2.75, 3.05) is 7.11 Å². The van der Waals surface area contributed by atoms with E-state index in [4.69, 9.17) is 9.15 Å². The number of imidazole rings is 1. The average molecular weight is 437 g/mol. The lowest BCUT2D eigenvalue weighted by Crippen LogP contribution is -3.00. The van der Waals surface area contributed by atoms with E-state index in [1.54, 1.807) is 36.2 Å². The summed E-state index contributed by atoms with van der Waals surface area (Å²) in [6, 6.07) is 15.0. The Bertz CT molecular complexity index is 1390. The fraction of sp³-hybridized carbons (Fsp3) is 0.174. The van der Waals surface area contributed by atoms with Gasteiger partial charge >= 0.3 is 0 Å². The van der Waals surface area contributed by atoms with Crippen LogP contribution in [0.2, 0.25) is 0 Å². The molecule has 3 heterocycles. The molecule has 5 rings (SSSR count). The van der Waals surface area contributed by atoms with Crippen LogP contribution in [0.25, 0.3) is 21.9 Å². The van der Waals surface area contributed by atoms with Gasteiger partial charge in [-0.1, -0.05) is 18.2 Å². The molecule has 0 amide bonds. The highest BCUT2D eigenvalue weighted by Gasteiger charge is 2.24. The average Bonchev–Trinajstić information content (AvgIpc) is 3.39. The molecular weight excluding hydrogens is 416 g/mol. The van der Waals surface area contributed by atoms with Crippen molar-refractivity contribution in [2.24, 2.45) is 7.05 Å². The SMILES string of the molecule is COc1ccc2ncn(CC(c3cc4ccccc4o3)n3cc[n+](C)c3)c(=O)c2c1.[Cl-]. The van der Waals surface area contributed by atoms with Crippen LogP contribution in [0.1, 0.15) is 11.8 Å². The summed E-state index contributed by atoms with van der Waals surface area (Å²) in [5, 5.41) is 1.56. The summed E-state index contributed by atoms with van der Waals surface area (Å²) in [4.78, 5) is 17.7. The lowest BCUT2D eigenvalue weighted by atomic mass is 10.2. The lowest BCUT2D eigenvalue weighted by Gasteiger charge is -2.14. The Morgan fingerprint density at radius 2 is 2.03 bits per heavy atom. The first kappa shape index (κ1) is 20.7. The van der Waals surface area contributed by atoms with Crippen LogP contribution in [0.15, 0.2) is 82.8 Å². The molecule has 0 bridgehead atoms. The molecule has 5 aromatic rings. The first-order valence-corrected chi connectivity index (χ1v) is 9.67. The second kappa shape index (κ2) is 8.28. The number of rotatable bonds is 5. The fourth-order valence-electron chi connectivity index (χ4n) is 3.73. The third-order valence-electron chi connectivity index (χ3n) is 5.32. The zero-order valence-electron chi connectivity index (χ0n) is 17.1. The maximum atomic E-state index is 13.2. The third kappa shape index (κ3) is 3.80. The number of hydrogen-bond donors (Lipinski definition) is 0. The molecule has 0 radical (unpaired) electrons. The van der Waals surface area contributed by atoms with Gasteiger partial charge in [-0.15, -0.1) is 0 Å². The molecule has 0 spiro atoms. The van der Waals surface area contributed by atoms with Gasteiger partial charge in [-0.3, -0.25) is 9.36 Å². The molecule has 0 N–H and O–H groups in total. The van der Waals surface area contributed by atoms with Gasteiger partial charge in [0.25, 0.3) is 5.56 Å². The smallest absolute Gasteiger partial charge is 0.261 e. The number of para-hydroxylation sites is 1. The Labute approximate surface area is 184 Å². The van der Waals surface area contributed by atoms with Crippen molar-refractivity contribution in [2.45, 2.75) is 12.6 Å². The summed E-state index contributed by atoms with van der Waals surface area (Å²) in [6.07, 6.45) is 7.50. The van der Waals surface area contributed by atoms with Gasteiger partial charge in [0.1, 0.15) is 23.7 Å². The highest BCUT2D eigenvalue weighted by molar-refractivity contribution is 5.79. The number of methoxy groups -OCH3 is 1. The largest absolute Gasteiger partial charge is 1.00 e. The van der Waals surface area contributed by atoms with Crippen LogP contribution in [0.4, 0.5) is 0 Å². The van der Waals surface area contributed by atoms with Crippen molar-refractivity contribution in [3.63, 3.8) is 0 Å². The summed E-state index contributed by atoms with van der Waals surface area (Å²) in [5.74, 6) is 1.41. The molecule has 1 unspecified atom stereocenters. The van der Waals surface area contributed by atoms with E-state index in [0.29, 0.717) is 23.2 Å². The van der Waals surface area contributed by atoms with E-state index < -0.39 is 0 Å². The molecule has 0 fully saturated rings. The predicted molar refractivity (Wildman–Crippen MR) is 113 cm³/mol. The molecule has 1 atom stereocenters. The van der Waals surface area contributed by atoms with Crippen molar-refractivity contribution < 1.29 is 26.1 Å². The maximum absolute atomic E-state index is 13.2. The van der Waals surface area contributed by atoms with Crippen molar-refractivity contribution in [3.8, 4) is 5.75 Å². The Hall–Kier alpha value is -3.58. The van der Waals surface area contributed by atoms with Gasteiger partial charge in [-0.25, -0.2) is 14.1 Å². The molecule has 7 nitrogen and oxygen atoms in total. The van der Waals surface area contributed by atoms with Crippen LogP contribution in [0, 0.1) is 0 Å². The predicted octanol–water partition coefficient (Wildman–Crippen LogP) is 0.0709. The van der Waals surface area contributed by atoms with Crippen molar-refractivity contribution >= 4 is 21.9 Å². The van der Waals surface area contributed by atoms with E-state index in [1.165, 1.54) is 0 Å². The minimum atomic E-state index is -0.207. The Kier molecular flexibility index (Phi) is 5.52. The molecule has 0 aliphatic carbocycles. The normalized spacial score (nSPS) is 12.1. The van der Waals surface area contributed by atoms with Crippen molar-refractivity contribution in [1.82, 2.24) is 14.1 Å². The summed E-state index contributed by atoms with van der Waals surface area (Å²) >= 11 is 0. The van der Waals surface area contributed by atoms with Gasteiger partial charge in [-0.05, 0) is 30.3 Å². The van der Waals surface area contributed by atoms with E-state index in [1.807, 2.05) is 65.2 Å². The van der Waals surface area contributed by atoms with E-state index in [0.717, 1.165) is 16.7 Å². The maximum Gasteiger partial charge on any atom is 0.261 e. The van der Waals surface area contributed by atoms with Crippen molar-refractivity contribution in [1.29, 1.82) is 0 Å². The number of furan rings is 1. The Morgan fingerprint density at radius 1 is 1.19 bits per heavy atom. The molecular formula is C23H21ClN4O3. The molecule has 0 aliphatic heterocycles. The molecule has 2 aromatic carbocycles. The van der Waals surface area contributed by atoms with Gasteiger partial charge in [0, 0.05) is 5.39 Å². The number of hydrogen-bond acceptors (Lipinski definition) is 4. The van der Waals surface area contributed by atoms with Gasteiger partial charge in [-0.2, -0.15) is 0 Å². The lowest BCUT2D eigenvalue weighted by molar-refractivity contribution is -0.671. The quantitative estimate of drug-likeness (QED) is 0.366. The van der Waals surface area contributed by atoms with Gasteiger partial charge in [0.05, 0.1) is 37.9 Å². The number of aryl methyl sites for hydroxylation is 1. The monoisotopic (exact) mass is 436 g/mol. The van der Waals surface area contributed by atoms with Crippen LogP contribution >= 0.6 is 0 Å². The second-order valence-corrected chi connectivity index (χ2v) is 7.31. The van der Waals surface area contributed by atoms with E-state index in [2.05, 4.69) is 4.98 Å². The Morgan fingerprint density at radius 3 is 2.77 bits per heavy atom. The molecule has 0 saturated heterocycles. The number of halogens is 1. The molecule has 0 saturated carbocycles. The summed E-state index contributed by atoms with van der Waals surface area (Å²) in [7, 11) is 3.54. The van der Waals surface area contributed by atoms with Crippen LogP contribution in [-0.4, -0.2) is 21.2 Å². The van der Waals surface area contributed by atoms with Gasteiger partial charge in [0.2, 0.25) is 6.33 Å². The van der Waals surface area contributed by atoms with Crippen molar-refractivity contribution in [3.05, 3.63) is 89.7 Å². The van der Waals surface area contributed by atoms with Gasteiger partial charge < -0.3 is 21.6 Å². The van der Waals surface area contributed by atoms with Crippen LogP contribution in [-0.2, 0) is 13.6 Å². The zero-order valence-corrected chi connectivity index (χ0v) is 17.9. The first-order chi connectivity index (χ1) is 14.6. The number of ether oxygens (including phenoxy) is 1. The number of aromatic nitrogens is 4. The molecule has 3 aromatic heterocycles. The number of nitrogens with zero attached hydrogens (tertiary/aromatic N) is 4. The zero-order chi connectivity index (χ0) is 20.7. The molecule has 8 heteroatoms. The molecule has 0 aliphatic rings. The molecule has 31 heavy (non-hydrogen) atoms. The number of fused-ring (bicyclic) bond motifs is 2. The van der Waals surface area contributed by atoms with E-state index in [-0.39, 0.29) is 24.0 Å². The Balaban J connectivity index is 0.00000231. The minimum Gasteiger partial charge on any atom is -1.00 e. The third-order valence-corrected chi connectivity index (χ3v) is 5.32. The topological polar surface area (TPSA) is 66.1 Å². The highest BCUT2D eigenvalue weighted by Crippen LogP contribution is 2.27. The van der Waals surface area contributed by atoms with E-state index >= 15 is 0 Å². The fourth-order valence-corrected chi connectivity index (χ4v) is 3.73. The highest BCUT2D eigenvalue weighted by atomic mass is 35.5. The summed E-state index contributed by atoms with van der Waals surface area (Å²) in [6.45, 7) is 0.382.